The van der Waals surface area contributed by atoms with Crippen molar-refractivity contribution < 1.29 is 18.7 Å². The monoisotopic (exact) mass is 463 g/mol. The van der Waals surface area contributed by atoms with E-state index >= 15 is 0 Å². The number of methoxy groups -OCH3 is 1. The van der Waals surface area contributed by atoms with Crippen LogP contribution in [0.3, 0.4) is 0 Å². The predicted octanol–water partition coefficient (Wildman–Crippen LogP) is 3.42. The summed E-state index contributed by atoms with van der Waals surface area (Å²) in [5.74, 6) is 1.42. The molecule has 2 fully saturated rings. The number of benzene rings is 1. The smallest absolute Gasteiger partial charge is 0.311 e. The molecule has 1 amide bonds. The second-order valence-electron chi connectivity index (χ2n) is 8.74. The lowest BCUT2D eigenvalue weighted by Crippen LogP contribution is -2.42. The Balaban J connectivity index is 1.11. The van der Waals surface area contributed by atoms with Crippen LogP contribution in [-0.2, 0) is 6.54 Å². The number of amides is 1. The molecule has 0 unspecified atom stereocenters. The van der Waals surface area contributed by atoms with Gasteiger partial charge in [-0.05, 0) is 55.8 Å². The van der Waals surface area contributed by atoms with Gasteiger partial charge in [0.1, 0.15) is 11.9 Å². The highest BCUT2D eigenvalue weighted by atomic mass is 16.5. The van der Waals surface area contributed by atoms with Crippen molar-refractivity contribution in [2.24, 2.45) is 0 Å². The molecule has 178 valence electrons. The Morgan fingerprint density at radius 2 is 1.79 bits per heavy atom. The number of nitrogens with zero attached hydrogens (tertiary/aromatic N) is 5. The number of piperidine rings is 1. The number of ether oxygens (including phenoxy) is 2. The predicted molar refractivity (Wildman–Crippen MR) is 125 cm³/mol. The van der Waals surface area contributed by atoms with Crippen LogP contribution < -0.4 is 9.47 Å². The zero-order valence-corrected chi connectivity index (χ0v) is 19.4. The molecule has 2 saturated heterocycles. The average Bonchev–Trinajstić information content (AvgIpc) is 3.58. The van der Waals surface area contributed by atoms with Gasteiger partial charge in [-0.3, -0.25) is 9.69 Å². The maximum atomic E-state index is 12.8. The highest BCUT2D eigenvalue weighted by molar-refractivity contribution is 5.89. The van der Waals surface area contributed by atoms with Crippen LogP contribution in [0.5, 0.6) is 11.6 Å². The van der Waals surface area contributed by atoms with E-state index < -0.39 is 0 Å². The Morgan fingerprint density at radius 1 is 1.03 bits per heavy atom. The van der Waals surface area contributed by atoms with Crippen LogP contribution in [0.25, 0.3) is 11.5 Å². The molecule has 5 rings (SSSR count). The first-order valence-electron chi connectivity index (χ1n) is 11.8. The largest absolute Gasteiger partial charge is 0.497 e. The van der Waals surface area contributed by atoms with Crippen molar-refractivity contribution in [1.29, 1.82) is 0 Å². The van der Waals surface area contributed by atoms with Crippen LogP contribution in [0, 0.1) is 0 Å². The van der Waals surface area contributed by atoms with Crippen molar-refractivity contribution in [3.63, 3.8) is 0 Å². The lowest BCUT2D eigenvalue weighted by molar-refractivity contribution is 0.0552. The van der Waals surface area contributed by atoms with E-state index in [-0.39, 0.29) is 17.9 Å². The Kier molecular flexibility index (Phi) is 6.71. The first-order valence-corrected chi connectivity index (χ1v) is 11.8. The molecule has 1 aromatic carbocycles. The summed E-state index contributed by atoms with van der Waals surface area (Å²) in [6.45, 7) is 4.42. The molecule has 9 nitrogen and oxygen atoms in total. The van der Waals surface area contributed by atoms with Crippen LogP contribution in [0.4, 0.5) is 0 Å². The van der Waals surface area contributed by atoms with Gasteiger partial charge in [-0.25, -0.2) is 4.98 Å². The molecular formula is C25H29N5O4. The van der Waals surface area contributed by atoms with Crippen molar-refractivity contribution in [3.8, 4) is 23.1 Å². The fourth-order valence-corrected chi connectivity index (χ4v) is 4.42. The summed E-state index contributed by atoms with van der Waals surface area (Å²) in [5, 5.41) is 7.98. The number of carbonyl (C=O) groups is 1. The minimum Gasteiger partial charge on any atom is -0.497 e. The summed E-state index contributed by atoms with van der Waals surface area (Å²) in [6.07, 6.45) is 5.95. The number of likely N-dealkylation sites (tertiary alicyclic amines) is 2. The lowest BCUT2D eigenvalue weighted by atomic mass is 10.1. The van der Waals surface area contributed by atoms with Crippen molar-refractivity contribution in [1.82, 2.24) is 25.0 Å². The first-order chi connectivity index (χ1) is 16.7. The second kappa shape index (κ2) is 10.2. The molecule has 2 aliphatic rings. The minimum atomic E-state index is -0.255. The van der Waals surface area contributed by atoms with Crippen LogP contribution >= 0.6 is 0 Å². The van der Waals surface area contributed by atoms with E-state index in [1.54, 1.807) is 12.0 Å². The summed E-state index contributed by atoms with van der Waals surface area (Å²) in [4.78, 5) is 21.5. The van der Waals surface area contributed by atoms with Gasteiger partial charge in [-0.2, -0.15) is 0 Å². The summed E-state index contributed by atoms with van der Waals surface area (Å²) in [7, 11) is 1.61. The molecule has 2 aromatic heterocycles. The van der Waals surface area contributed by atoms with Crippen LogP contribution in [-0.4, -0.2) is 70.3 Å². The third-order valence-electron chi connectivity index (χ3n) is 6.36. The molecule has 0 spiro atoms. The molecule has 0 radical (unpaired) electrons. The summed E-state index contributed by atoms with van der Waals surface area (Å²) < 4.78 is 16.9. The van der Waals surface area contributed by atoms with E-state index in [1.807, 2.05) is 36.5 Å². The fourth-order valence-electron chi connectivity index (χ4n) is 4.42. The van der Waals surface area contributed by atoms with E-state index in [9.17, 15) is 4.79 Å². The topological polar surface area (TPSA) is 93.8 Å². The standard InChI is InChI=1S/C25H29N5O4/c1-32-20-7-5-19(6-8-20)23-27-28-24(34-23)25(31)30-14-10-21(11-15-30)33-22-9-4-18(16-26-22)17-29-12-2-3-13-29/h4-9,16,21H,2-3,10-15,17H2,1H3. The normalized spacial score (nSPS) is 17.1. The minimum absolute atomic E-state index is 0.000411. The zero-order valence-electron chi connectivity index (χ0n) is 19.4. The van der Waals surface area contributed by atoms with Gasteiger partial charge in [-0.1, -0.05) is 6.07 Å². The molecular weight excluding hydrogens is 434 g/mol. The average molecular weight is 464 g/mol. The van der Waals surface area contributed by atoms with Crippen LogP contribution in [0.15, 0.2) is 47.0 Å². The van der Waals surface area contributed by atoms with Gasteiger partial charge in [0.05, 0.1) is 7.11 Å². The van der Waals surface area contributed by atoms with Crippen molar-refractivity contribution >= 4 is 5.91 Å². The maximum Gasteiger partial charge on any atom is 0.311 e. The summed E-state index contributed by atoms with van der Waals surface area (Å²) in [6, 6.07) is 11.3. The fraction of sp³-hybridized carbons (Fsp3) is 0.440. The van der Waals surface area contributed by atoms with Crippen molar-refractivity contribution in [2.75, 3.05) is 33.3 Å². The number of aromatic nitrogens is 3. The number of carbonyl (C=O) groups excluding carboxylic acids is 1. The van der Waals surface area contributed by atoms with Gasteiger partial charge < -0.3 is 18.8 Å². The molecule has 0 N–H and O–H groups in total. The highest BCUT2D eigenvalue weighted by Crippen LogP contribution is 2.23. The Morgan fingerprint density at radius 3 is 2.47 bits per heavy atom. The summed E-state index contributed by atoms with van der Waals surface area (Å²) in [5.41, 5.74) is 1.95. The van der Waals surface area contributed by atoms with Gasteiger partial charge in [0.2, 0.25) is 11.8 Å². The van der Waals surface area contributed by atoms with Gasteiger partial charge >= 0.3 is 11.8 Å². The third kappa shape index (κ3) is 5.20. The Hall–Kier alpha value is -3.46. The molecule has 34 heavy (non-hydrogen) atoms. The van der Waals surface area contributed by atoms with E-state index in [0.29, 0.717) is 24.9 Å². The van der Waals surface area contributed by atoms with E-state index in [1.165, 1.54) is 31.5 Å². The van der Waals surface area contributed by atoms with E-state index in [2.05, 4.69) is 26.1 Å². The number of rotatable bonds is 7. The maximum absolute atomic E-state index is 12.8. The zero-order chi connectivity index (χ0) is 23.3. The molecule has 3 aromatic rings. The molecule has 9 heteroatoms. The quantitative estimate of drug-likeness (QED) is 0.526. The second-order valence-corrected chi connectivity index (χ2v) is 8.74. The Bertz CT molecular complexity index is 1090. The molecule has 0 saturated carbocycles. The van der Waals surface area contributed by atoms with Gasteiger partial charge in [-0.15, -0.1) is 10.2 Å². The first kappa shape index (κ1) is 22.3. The number of pyridine rings is 1. The highest BCUT2D eigenvalue weighted by Gasteiger charge is 2.28. The molecule has 0 aliphatic carbocycles. The van der Waals surface area contributed by atoms with Crippen molar-refractivity contribution in [3.05, 3.63) is 54.0 Å². The van der Waals surface area contributed by atoms with Gasteiger partial charge in [0.25, 0.3) is 0 Å². The third-order valence-corrected chi connectivity index (χ3v) is 6.36. The van der Waals surface area contributed by atoms with Gasteiger partial charge in [0.15, 0.2) is 0 Å². The molecule has 0 bridgehead atoms. The number of hydrogen-bond donors (Lipinski definition) is 0. The van der Waals surface area contributed by atoms with E-state index in [0.717, 1.165) is 30.7 Å². The lowest BCUT2D eigenvalue weighted by Gasteiger charge is -2.31. The van der Waals surface area contributed by atoms with Crippen LogP contribution in [0.2, 0.25) is 0 Å². The van der Waals surface area contributed by atoms with Gasteiger partial charge in [0, 0.05) is 50.3 Å². The summed E-state index contributed by atoms with van der Waals surface area (Å²) >= 11 is 0. The SMILES string of the molecule is COc1ccc(-c2nnc(C(=O)N3CCC(Oc4ccc(CN5CCCC5)cn4)CC3)o2)cc1. The number of hydrogen-bond acceptors (Lipinski definition) is 8. The Labute approximate surface area is 198 Å². The molecule has 4 heterocycles. The van der Waals surface area contributed by atoms with Crippen molar-refractivity contribution in [2.45, 2.75) is 38.3 Å². The molecule has 2 aliphatic heterocycles. The van der Waals surface area contributed by atoms with E-state index in [4.69, 9.17) is 13.9 Å². The van der Waals surface area contributed by atoms with Crippen LogP contribution in [0.1, 0.15) is 41.9 Å². The molecule has 0 atom stereocenters.